The fraction of sp³-hybridized carbons (Fsp3) is 0.455. The van der Waals surface area contributed by atoms with Crippen molar-refractivity contribution in [2.24, 2.45) is 0 Å². The number of benzene rings is 1. The molecule has 14 heavy (non-hydrogen) atoms. The van der Waals surface area contributed by atoms with E-state index in [2.05, 4.69) is 6.92 Å². The van der Waals surface area contributed by atoms with Gasteiger partial charge in [0.1, 0.15) is 11.6 Å². The Morgan fingerprint density at radius 1 is 1.36 bits per heavy atom. The fourth-order valence-corrected chi connectivity index (χ4v) is 1.17. The van der Waals surface area contributed by atoms with E-state index < -0.39 is 0 Å². The molecule has 2 N–H and O–H groups in total. The predicted molar refractivity (Wildman–Crippen MR) is 55.8 cm³/mol. The molecule has 0 unspecified atom stereocenters. The van der Waals surface area contributed by atoms with Gasteiger partial charge in [-0.2, -0.15) is 0 Å². The molecule has 0 atom stereocenters. The largest absolute Gasteiger partial charge is 0.491 e. The summed E-state index contributed by atoms with van der Waals surface area (Å²) in [5.74, 6) is 0.130. The molecule has 0 radical (unpaired) electrons. The van der Waals surface area contributed by atoms with Gasteiger partial charge in [0.2, 0.25) is 0 Å². The summed E-state index contributed by atoms with van der Waals surface area (Å²) < 4.78 is 18.1. The number of anilines is 1. The van der Waals surface area contributed by atoms with E-state index in [0.717, 1.165) is 19.3 Å². The van der Waals surface area contributed by atoms with E-state index >= 15 is 0 Å². The number of halogens is 1. The van der Waals surface area contributed by atoms with Crippen LogP contribution in [-0.4, -0.2) is 6.61 Å². The van der Waals surface area contributed by atoms with Gasteiger partial charge in [-0.15, -0.1) is 0 Å². The highest BCUT2D eigenvalue weighted by atomic mass is 19.1. The average Bonchev–Trinajstić information content (AvgIpc) is 2.18. The summed E-state index contributed by atoms with van der Waals surface area (Å²) in [4.78, 5) is 0. The first-order valence-electron chi connectivity index (χ1n) is 4.92. The van der Waals surface area contributed by atoms with Gasteiger partial charge in [0.15, 0.2) is 0 Å². The fourth-order valence-electron chi connectivity index (χ4n) is 1.17. The molecule has 0 aromatic heterocycles. The molecule has 1 rings (SSSR count). The molecule has 0 aliphatic carbocycles. The van der Waals surface area contributed by atoms with Crippen molar-refractivity contribution in [2.75, 3.05) is 12.3 Å². The second kappa shape index (κ2) is 5.47. The summed E-state index contributed by atoms with van der Waals surface area (Å²) in [7, 11) is 0. The van der Waals surface area contributed by atoms with Crippen molar-refractivity contribution in [3.05, 3.63) is 24.0 Å². The Balaban J connectivity index is 2.45. The Morgan fingerprint density at radius 3 is 2.86 bits per heavy atom. The Bertz CT molecular complexity index is 289. The smallest absolute Gasteiger partial charge is 0.145 e. The minimum Gasteiger partial charge on any atom is -0.491 e. The summed E-state index contributed by atoms with van der Waals surface area (Å²) in [5.41, 5.74) is 6.10. The van der Waals surface area contributed by atoms with Crippen molar-refractivity contribution in [2.45, 2.75) is 26.2 Å². The lowest BCUT2D eigenvalue weighted by atomic mass is 10.2. The van der Waals surface area contributed by atoms with Crippen LogP contribution in [0.15, 0.2) is 18.2 Å². The summed E-state index contributed by atoms with van der Waals surface area (Å²) in [6.07, 6.45) is 3.24. The normalized spacial score (nSPS) is 10.1. The minimum absolute atomic E-state index is 0.315. The molecule has 3 heteroatoms. The van der Waals surface area contributed by atoms with E-state index in [1.807, 2.05) is 0 Å². The second-order valence-corrected chi connectivity index (χ2v) is 3.24. The van der Waals surface area contributed by atoms with Gasteiger partial charge in [-0.1, -0.05) is 19.8 Å². The molecule has 1 aromatic rings. The number of hydrogen-bond acceptors (Lipinski definition) is 2. The van der Waals surface area contributed by atoms with Crippen molar-refractivity contribution in [3.8, 4) is 5.75 Å². The molecule has 0 saturated carbocycles. The first-order valence-corrected chi connectivity index (χ1v) is 4.92. The lowest BCUT2D eigenvalue weighted by molar-refractivity contribution is 0.306. The van der Waals surface area contributed by atoms with Crippen LogP contribution in [0.3, 0.4) is 0 Å². The van der Waals surface area contributed by atoms with Gasteiger partial charge >= 0.3 is 0 Å². The van der Waals surface area contributed by atoms with Crippen LogP contribution < -0.4 is 10.5 Å². The topological polar surface area (TPSA) is 35.2 Å². The third-order valence-corrected chi connectivity index (χ3v) is 1.98. The maximum atomic E-state index is 12.8. The van der Waals surface area contributed by atoms with Crippen LogP contribution in [0.25, 0.3) is 0 Å². The highest BCUT2D eigenvalue weighted by Crippen LogP contribution is 2.22. The minimum atomic E-state index is -0.315. The molecule has 0 fully saturated rings. The van der Waals surface area contributed by atoms with E-state index in [1.165, 1.54) is 18.2 Å². The molecule has 0 aliphatic heterocycles. The van der Waals surface area contributed by atoms with E-state index in [-0.39, 0.29) is 5.82 Å². The van der Waals surface area contributed by atoms with Gasteiger partial charge in [-0.05, 0) is 18.6 Å². The molecule has 0 aliphatic rings. The Morgan fingerprint density at radius 2 is 2.14 bits per heavy atom. The van der Waals surface area contributed by atoms with Gasteiger partial charge < -0.3 is 10.5 Å². The zero-order valence-electron chi connectivity index (χ0n) is 8.42. The van der Waals surface area contributed by atoms with Crippen molar-refractivity contribution < 1.29 is 9.13 Å². The molecule has 0 spiro atoms. The first kappa shape index (κ1) is 10.8. The summed E-state index contributed by atoms with van der Waals surface area (Å²) in [6.45, 7) is 2.72. The molecule has 0 heterocycles. The molecular formula is C11H16FNO. The molecule has 0 bridgehead atoms. The quantitative estimate of drug-likeness (QED) is 0.581. The average molecular weight is 197 g/mol. The molecule has 2 nitrogen and oxygen atoms in total. The monoisotopic (exact) mass is 197 g/mol. The third kappa shape index (κ3) is 3.24. The molecule has 1 aromatic carbocycles. The molecular weight excluding hydrogens is 181 g/mol. The van der Waals surface area contributed by atoms with Crippen molar-refractivity contribution in [1.82, 2.24) is 0 Å². The molecule has 0 saturated heterocycles. The Hall–Kier alpha value is -1.25. The standard InChI is InChI=1S/C11H16FNO/c1-2-3-4-7-14-11-8-9(12)5-6-10(11)13/h5-6,8H,2-4,7,13H2,1H3. The van der Waals surface area contributed by atoms with E-state index in [4.69, 9.17) is 10.5 Å². The third-order valence-electron chi connectivity index (χ3n) is 1.98. The van der Waals surface area contributed by atoms with Crippen LogP contribution in [0.1, 0.15) is 26.2 Å². The lowest BCUT2D eigenvalue weighted by Gasteiger charge is -2.08. The van der Waals surface area contributed by atoms with E-state index in [1.54, 1.807) is 0 Å². The van der Waals surface area contributed by atoms with Crippen LogP contribution in [0.5, 0.6) is 5.75 Å². The van der Waals surface area contributed by atoms with Crippen molar-refractivity contribution in [3.63, 3.8) is 0 Å². The highest BCUT2D eigenvalue weighted by Gasteiger charge is 2.01. The maximum absolute atomic E-state index is 12.8. The van der Waals surface area contributed by atoms with Gasteiger partial charge in [0, 0.05) is 6.07 Å². The van der Waals surface area contributed by atoms with Crippen LogP contribution in [-0.2, 0) is 0 Å². The number of rotatable bonds is 5. The highest BCUT2D eigenvalue weighted by molar-refractivity contribution is 5.52. The number of ether oxygens (including phenoxy) is 1. The number of hydrogen-bond donors (Lipinski definition) is 1. The Labute approximate surface area is 83.9 Å². The Kier molecular flexibility index (Phi) is 4.23. The number of nitrogen functional groups attached to an aromatic ring is 1. The maximum Gasteiger partial charge on any atom is 0.145 e. The van der Waals surface area contributed by atoms with Crippen LogP contribution in [0.2, 0.25) is 0 Å². The van der Waals surface area contributed by atoms with E-state index in [0.29, 0.717) is 18.0 Å². The van der Waals surface area contributed by atoms with Crippen molar-refractivity contribution >= 4 is 5.69 Å². The number of nitrogens with two attached hydrogens (primary N) is 1. The predicted octanol–water partition coefficient (Wildman–Crippen LogP) is 2.98. The van der Waals surface area contributed by atoms with Gasteiger partial charge in [0.05, 0.1) is 12.3 Å². The SMILES string of the molecule is CCCCCOc1cc(F)ccc1N. The van der Waals surface area contributed by atoms with Gasteiger partial charge in [0.25, 0.3) is 0 Å². The summed E-state index contributed by atoms with van der Waals surface area (Å²) >= 11 is 0. The summed E-state index contributed by atoms with van der Waals surface area (Å²) in [6, 6.07) is 4.17. The zero-order chi connectivity index (χ0) is 10.4. The summed E-state index contributed by atoms with van der Waals surface area (Å²) in [5, 5.41) is 0. The van der Waals surface area contributed by atoms with Crippen LogP contribution in [0.4, 0.5) is 10.1 Å². The first-order chi connectivity index (χ1) is 6.74. The van der Waals surface area contributed by atoms with Gasteiger partial charge in [-0.3, -0.25) is 0 Å². The van der Waals surface area contributed by atoms with E-state index in [9.17, 15) is 4.39 Å². The second-order valence-electron chi connectivity index (χ2n) is 3.24. The van der Waals surface area contributed by atoms with Crippen LogP contribution >= 0.6 is 0 Å². The number of unbranched alkanes of at least 4 members (excludes halogenated alkanes) is 2. The van der Waals surface area contributed by atoms with Crippen molar-refractivity contribution in [1.29, 1.82) is 0 Å². The molecule has 78 valence electrons. The van der Waals surface area contributed by atoms with Gasteiger partial charge in [-0.25, -0.2) is 4.39 Å². The molecule has 0 amide bonds. The lowest BCUT2D eigenvalue weighted by Crippen LogP contribution is -2.00. The zero-order valence-corrected chi connectivity index (χ0v) is 8.42. The van der Waals surface area contributed by atoms with Crippen LogP contribution in [0, 0.1) is 5.82 Å².